The zero-order valence-corrected chi connectivity index (χ0v) is 14.1. The van der Waals surface area contributed by atoms with Crippen molar-refractivity contribution in [3.05, 3.63) is 58.9 Å². The second kappa shape index (κ2) is 7.49. The Balaban J connectivity index is 1.62. The zero-order chi connectivity index (χ0) is 18.7. The van der Waals surface area contributed by atoms with Crippen molar-refractivity contribution in [2.75, 3.05) is 11.1 Å². The average Bonchev–Trinajstić information content (AvgIpc) is 3.05. The maximum absolute atomic E-state index is 13.7. The van der Waals surface area contributed by atoms with Crippen molar-refractivity contribution in [1.29, 1.82) is 0 Å². The van der Waals surface area contributed by atoms with E-state index in [1.807, 2.05) is 0 Å². The summed E-state index contributed by atoms with van der Waals surface area (Å²) in [4.78, 5) is 16.1. The van der Waals surface area contributed by atoms with Crippen LogP contribution in [-0.4, -0.2) is 16.0 Å². The van der Waals surface area contributed by atoms with Gasteiger partial charge in [-0.1, -0.05) is 22.8 Å². The number of rotatable bonds is 5. The minimum absolute atomic E-state index is 0.0369. The van der Waals surface area contributed by atoms with E-state index in [0.29, 0.717) is 22.5 Å². The number of aromatic nitrogens is 2. The molecule has 0 unspecified atom stereocenters. The van der Waals surface area contributed by atoms with Gasteiger partial charge in [-0.05, 0) is 24.3 Å². The van der Waals surface area contributed by atoms with Crippen LogP contribution in [0, 0.1) is 11.6 Å². The third-order valence-corrected chi connectivity index (χ3v) is 3.70. The van der Waals surface area contributed by atoms with E-state index >= 15 is 0 Å². The molecular formula is C17H13ClF2N4O2. The van der Waals surface area contributed by atoms with Gasteiger partial charge in [0.15, 0.2) is 11.6 Å². The van der Waals surface area contributed by atoms with Crippen LogP contribution in [0.2, 0.25) is 5.02 Å². The monoisotopic (exact) mass is 378 g/mol. The first-order valence-electron chi connectivity index (χ1n) is 7.55. The first-order valence-corrected chi connectivity index (χ1v) is 7.93. The van der Waals surface area contributed by atoms with Gasteiger partial charge >= 0.3 is 0 Å². The molecule has 0 fully saturated rings. The van der Waals surface area contributed by atoms with Gasteiger partial charge in [-0.3, -0.25) is 4.79 Å². The molecule has 0 saturated carbocycles. The van der Waals surface area contributed by atoms with E-state index in [2.05, 4.69) is 15.5 Å². The Morgan fingerprint density at radius 1 is 1.27 bits per heavy atom. The Kier molecular flexibility index (Phi) is 5.13. The molecule has 1 amide bonds. The molecule has 0 atom stereocenters. The van der Waals surface area contributed by atoms with Gasteiger partial charge in [0.25, 0.3) is 5.89 Å². The standard InChI is InChI=1S/C17H13ClF2N4O2/c18-10-3-1-2-9(6-10)17-22-14(24-26-17)4-5-15(25)23-16-12(20)7-11(19)8-13(16)21/h1-3,6-8H,4-5,21H2,(H,23,25). The summed E-state index contributed by atoms with van der Waals surface area (Å²) in [6.07, 6.45) is 0.128. The van der Waals surface area contributed by atoms with Gasteiger partial charge in [0.05, 0.1) is 5.69 Å². The van der Waals surface area contributed by atoms with Crippen molar-refractivity contribution in [1.82, 2.24) is 10.1 Å². The molecule has 0 spiro atoms. The quantitative estimate of drug-likeness (QED) is 0.658. The van der Waals surface area contributed by atoms with Gasteiger partial charge in [-0.15, -0.1) is 0 Å². The van der Waals surface area contributed by atoms with Crippen LogP contribution >= 0.6 is 11.6 Å². The molecule has 3 aromatic rings. The minimum Gasteiger partial charge on any atom is -0.397 e. The molecule has 0 bridgehead atoms. The van der Waals surface area contributed by atoms with Crippen molar-refractivity contribution in [2.24, 2.45) is 0 Å². The number of carbonyl (C=O) groups excluding carboxylic acids is 1. The lowest BCUT2D eigenvalue weighted by atomic mass is 10.2. The van der Waals surface area contributed by atoms with Crippen LogP contribution in [0.5, 0.6) is 0 Å². The zero-order valence-electron chi connectivity index (χ0n) is 13.3. The number of anilines is 2. The summed E-state index contributed by atoms with van der Waals surface area (Å²) in [5, 5.41) is 6.63. The molecule has 0 saturated heterocycles. The van der Waals surface area contributed by atoms with E-state index in [-0.39, 0.29) is 30.1 Å². The minimum atomic E-state index is -0.946. The van der Waals surface area contributed by atoms with Gasteiger partial charge in [0, 0.05) is 29.5 Å². The highest BCUT2D eigenvalue weighted by Gasteiger charge is 2.14. The highest BCUT2D eigenvalue weighted by atomic mass is 35.5. The molecule has 9 heteroatoms. The van der Waals surface area contributed by atoms with Crippen LogP contribution in [0.25, 0.3) is 11.5 Å². The van der Waals surface area contributed by atoms with Gasteiger partial charge < -0.3 is 15.6 Å². The molecule has 3 rings (SSSR count). The Bertz CT molecular complexity index is 938. The average molecular weight is 379 g/mol. The predicted octanol–water partition coefficient (Wildman–Crippen LogP) is 3.82. The summed E-state index contributed by atoms with van der Waals surface area (Å²) < 4.78 is 31.8. The van der Waals surface area contributed by atoms with Crippen LogP contribution in [0.4, 0.5) is 20.2 Å². The van der Waals surface area contributed by atoms with Gasteiger partial charge in [0.2, 0.25) is 5.91 Å². The predicted molar refractivity (Wildman–Crippen MR) is 92.5 cm³/mol. The lowest BCUT2D eigenvalue weighted by molar-refractivity contribution is -0.116. The number of carbonyl (C=O) groups is 1. The van der Waals surface area contributed by atoms with E-state index in [9.17, 15) is 13.6 Å². The summed E-state index contributed by atoms with van der Waals surface area (Å²) in [7, 11) is 0. The van der Waals surface area contributed by atoms with Gasteiger partial charge in [-0.2, -0.15) is 4.98 Å². The Morgan fingerprint density at radius 3 is 2.81 bits per heavy atom. The van der Waals surface area contributed by atoms with Crippen molar-refractivity contribution < 1.29 is 18.1 Å². The van der Waals surface area contributed by atoms with E-state index in [1.165, 1.54) is 0 Å². The topological polar surface area (TPSA) is 94.0 Å². The third-order valence-electron chi connectivity index (χ3n) is 3.47. The molecule has 1 aromatic heterocycles. The largest absolute Gasteiger partial charge is 0.397 e. The number of halogens is 3. The van der Waals surface area contributed by atoms with Crippen molar-refractivity contribution in [3.8, 4) is 11.5 Å². The second-order valence-electron chi connectivity index (χ2n) is 5.43. The van der Waals surface area contributed by atoms with Gasteiger partial charge in [-0.25, -0.2) is 8.78 Å². The summed E-state index contributed by atoms with van der Waals surface area (Å²) in [6, 6.07) is 8.46. The molecule has 0 radical (unpaired) electrons. The highest BCUT2D eigenvalue weighted by Crippen LogP contribution is 2.24. The highest BCUT2D eigenvalue weighted by molar-refractivity contribution is 6.30. The van der Waals surface area contributed by atoms with Crippen LogP contribution in [-0.2, 0) is 11.2 Å². The molecule has 0 aliphatic heterocycles. The number of hydrogen-bond donors (Lipinski definition) is 2. The van der Waals surface area contributed by atoms with E-state index in [0.717, 1.165) is 6.07 Å². The fourth-order valence-electron chi connectivity index (χ4n) is 2.25. The molecule has 26 heavy (non-hydrogen) atoms. The Morgan fingerprint density at radius 2 is 2.08 bits per heavy atom. The molecule has 134 valence electrons. The number of amides is 1. The Hall–Kier alpha value is -3.00. The molecule has 1 heterocycles. The fourth-order valence-corrected chi connectivity index (χ4v) is 2.44. The molecule has 0 aliphatic rings. The second-order valence-corrected chi connectivity index (χ2v) is 5.86. The third kappa shape index (κ3) is 4.15. The number of hydrogen-bond acceptors (Lipinski definition) is 5. The summed E-state index contributed by atoms with van der Waals surface area (Å²) >= 11 is 5.91. The number of aryl methyl sites for hydroxylation is 1. The number of nitrogens with one attached hydrogen (secondary N) is 1. The van der Waals surface area contributed by atoms with Crippen LogP contribution in [0.15, 0.2) is 40.9 Å². The maximum atomic E-state index is 13.7. The van der Waals surface area contributed by atoms with Crippen LogP contribution in [0.3, 0.4) is 0 Å². The first kappa shape index (κ1) is 17.8. The summed E-state index contributed by atoms with van der Waals surface area (Å²) in [5.74, 6) is -1.70. The summed E-state index contributed by atoms with van der Waals surface area (Å²) in [5.41, 5.74) is 5.71. The van der Waals surface area contributed by atoms with Crippen molar-refractivity contribution in [2.45, 2.75) is 12.8 Å². The van der Waals surface area contributed by atoms with E-state index in [1.54, 1.807) is 24.3 Å². The van der Waals surface area contributed by atoms with Crippen molar-refractivity contribution in [3.63, 3.8) is 0 Å². The maximum Gasteiger partial charge on any atom is 0.257 e. The SMILES string of the molecule is Nc1cc(F)cc(F)c1NC(=O)CCc1noc(-c2cccc(Cl)c2)n1. The number of nitrogen functional groups attached to an aromatic ring is 1. The lowest BCUT2D eigenvalue weighted by Crippen LogP contribution is -2.15. The number of nitrogens with zero attached hydrogens (tertiary/aromatic N) is 2. The van der Waals surface area contributed by atoms with E-state index in [4.69, 9.17) is 21.9 Å². The first-order chi connectivity index (χ1) is 12.4. The Labute approximate surface area is 152 Å². The number of benzene rings is 2. The fraction of sp³-hybridized carbons (Fsp3) is 0.118. The van der Waals surface area contributed by atoms with Crippen molar-refractivity contribution >= 4 is 28.9 Å². The van der Waals surface area contributed by atoms with Crippen LogP contribution in [0.1, 0.15) is 12.2 Å². The molecule has 0 aliphatic carbocycles. The van der Waals surface area contributed by atoms with E-state index < -0.39 is 17.5 Å². The molecule has 3 N–H and O–H groups in total. The molecule has 6 nitrogen and oxygen atoms in total. The number of nitrogens with two attached hydrogens (primary N) is 1. The molecule has 2 aromatic carbocycles. The van der Waals surface area contributed by atoms with Crippen LogP contribution < -0.4 is 11.1 Å². The molecular weight excluding hydrogens is 366 g/mol. The lowest BCUT2D eigenvalue weighted by Gasteiger charge is -2.08. The normalized spacial score (nSPS) is 10.7. The summed E-state index contributed by atoms with van der Waals surface area (Å²) in [6.45, 7) is 0. The van der Waals surface area contributed by atoms with Gasteiger partial charge in [0.1, 0.15) is 11.5 Å². The smallest absolute Gasteiger partial charge is 0.257 e.